The number of esters is 2. The third kappa shape index (κ3) is 5.47. The summed E-state index contributed by atoms with van der Waals surface area (Å²) in [5.41, 5.74) is 7.35. The van der Waals surface area contributed by atoms with Crippen molar-refractivity contribution in [2.45, 2.75) is 26.4 Å². The third-order valence-electron chi connectivity index (χ3n) is 4.79. The van der Waals surface area contributed by atoms with Crippen LogP contribution in [-0.4, -0.2) is 42.5 Å². The van der Waals surface area contributed by atoms with Crippen LogP contribution in [0.15, 0.2) is 40.7 Å². The number of benzene rings is 1. The molecule has 0 aliphatic carbocycles. The molecule has 0 saturated carbocycles. The second-order valence-electron chi connectivity index (χ2n) is 6.87. The number of nitrogens with two attached hydrogens (primary N) is 1. The standard InChI is InChI=1S/C21H22Cl2N4O5S/c1-4-32-20(29)17-13(8-31-9-14-26-27-21(24)33-14)25-10(2)15(19(28)30-3)16(17)11-6-5-7-12(22)18(11)23/h5-7,16,25H,4,8-9H2,1-3H3,(H2,24,27). The number of ether oxygens (including phenoxy) is 3. The Hall–Kier alpha value is -2.66. The van der Waals surface area contributed by atoms with Gasteiger partial charge in [0.15, 0.2) is 0 Å². The van der Waals surface area contributed by atoms with E-state index < -0.39 is 17.9 Å². The van der Waals surface area contributed by atoms with Crippen LogP contribution in [0.2, 0.25) is 10.0 Å². The summed E-state index contributed by atoms with van der Waals surface area (Å²) in [6.07, 6.45) is 0. The smallest absolute Gasteiger partial charge is 0.336 e. The molecule has 176 valence electrons. The number of nitrogens with one attached hydrogen (secondary N) is 1. The van der Waals surface area contributed by atoms with Gasteiger partial charge in [0.2, 0.25) is 5.13 Å². The van der Waals surface area contributed by atoms with Crippen molar-refractivity contribution in [2.75, 3.05) is 26.1 Å². The summed E-state index contributed by atoms with van der Waals surface area (Å²) < 4.78 is 16.1. The molecule has 1 unspecified atom stereocenters. The maximum Gasteiger partial charge on any atom is 0.336 e. The topological polar surface area (TPSA) is 126 Å². The highest BCUT2D eigenvalue weighted by molar-refractivity contribution is 7.15. The zero-order valence-electron chi connectivity index (χ0n) is 18.1. The minimum atomic E-state index is -0.889. The van der Waals surface area contributed by atoms with E-state index in [9.17, 15) is 9.59 Å². The average Bonchev–Trinajstić information content (AvgIpc) is 3.19. The van der Waals surface area contributed by atoms with Crippen molar-refractivity contribution < 1.29 is 23.8 Å². The number of nitrogens with zero attached hydrogens (tertiary/aromatic N) is 2. The molecule has 0 spiro atoms. The number of hydrogen-bond acceptors (Lipinski definition) is 10. The van der Waals surface area contributed by atoms with E-state index in [1.807, 2.05) is 0 Å². The van der Waals surface area contributed by atoms with E-state index in [-0.39, 0.29) is 41.0 Å². The van der Waals surface area contributed by atoms with Crippen LogP contribution >= 0.6 is 34.5 Å². The van der Waals surface area contributed by atoms with Crippen LogP contribution in [0.25, 0.3) is 0 Å². The maximum absolute atomic E-state index is 13.1. The molecule has 0 bridgehead atoms. The van der Waals surface area contributed by atoms with E-state index in [1.165, 1.54) is 18.4 Å². The molecule has 1 aliphatic heterocycles. The normalized spacial score (nSPS) is 16.0. The molecule has 2 heterocycles. The van der Waals surface area contributed by atoms with Crippen molar-refractivity contribution in [2.24, 2.45) is 0 Å². The summed E-state index contributed by atoms with van der Waals surface area (Å²) in [7, 11) is 1.26. The second-order valence-corrected chi connectivity index (χ2v) is 8.75. The molecule has 1 aromatic carbocycles. The lowest BCUT2D eigenvalue weighted by Gasteiger charge is -2.31. The first kappa shape index (κ1) is 25.0. The summed E-state index contributed by atoms with van der Waals surface area (Å²) in [5.74, 6) is -2.13. The molecule has 9 nitrogen and oxygen atoms in total. The van der Waals surface area contributed by atoms with Crippen LogP contribution < -0.4 is 11.1 Å². The highest BCUT2D eigenvalue weighted by atomic mass is 35.5. The van der Waals surface area contributed by atoms with Gasteiger partial charge in [0.1, 0.15) is 11.6 Å². The predicted molar refractivity (Wildman–Crippen MR) is 125 cm³/mol. The fourth-order valence-corrected chi connectivity index (χ4v) is 4.42. The van der Waals surface area contributed by atoms with Gasteiger partial charge < -0.3 is 25.3 Å². The lowest BCUT2D eigenvalue weighted by Crippen LogP contribution is -2.34. The van der Waals surface area contributed by atoms with Gasteiger partial charge in [-0.05, 0) is 25.5 Å². The first-order chi connectivity index (χ1) is 15.8. The molecular weight excluding hydrogens is 491 g/mol. The average molecular weight is 513 g/mol. The van der Waals surface area contributed by atoms with E-state index >= 15 is 0 Å². The van der Waals surface area contributed by atoms with Crippen molar-refractivity contribution in [1.82, 2.24) is 15.5 Å². The molecule has 0 radical (unpaired) electrons. The van der Waals surface area contributed by atoms with E-state index in [1.54, 1.807) is 32.0 Å². The highest BCUT2D eigenvalue weighted by Crippen LogP contribution is 2.43. The van der Waals surface area contributed by atoms with Crippen molar-refractivity contribution in [3.63, 3.8) is 0 Å². The molecule has 3 N–H and O–H groups in total. The van der Waals surface area contributed by atoms with Gasteiger partial charge in [-0.1, -0.05) is 46.7 Å². The van der Waals surface area contributed by atoms with E-state index in [2.05, 4.69) is 15.5 Å². The Labute approximate surface area is 204 Å². The van der Waals surface area contributed by atoms with Crippen LogP contribution in [0.1, 0.15) is 30.3 Å². The number of dihydropyridines is 1. The Morgan fingerprint density at radius 1 is 1.18 bits per heavy atom. The molecule has 1 aliphatic rings. The Bertz CT molecular complexity index is 1130. The van der Waals surface area contributed by atoms with Crippen molar-refractivity contribution >= 4 is 51.6 Å². The Morgan fingerprint density at radius 3 is 2.58 bits per heavy atom. The lowest BCUT2D eigenvalue weighted by atomic mass is 9.80. The molecule has 1 aromatic heterocycles. The fraction of sp³-hybridized carbons (Fsp3) is 0.333. The first-order valence-corrected chi connectivity index (χ1v) is 11.4. The molecule has 33 heavy (non-hydrogen) atoms. The van der Waals surface area contributed by atoms with Crippen molar-refractivity contribution in [3.8, 4) is 0 Å². The van der Waals surface area contributed by atoms with Gasteiger partial charge in [0.25, 0.3) is 0 Å². The number of methoxy groups -OCH3 is 1. The lowest BCUT2D eigenvalue weighted by molar-refractivity contribution is -0.139. The van der Waals surface area contributed by atoms with E-state index in [0.29, 0.717) is 27.1 Å². The van der Waals surface area contributed by atoms with Gasteiger partial charge in [0.05, 0.1) is 53.1 Å². The largest absolute Gasteiger partial charge is 0.466 e. The number of halogens is 2. The van der Waals surface area contributed by atoms with E-state index in [4.69, 9.17) is 43.1 Å². The van der Waals surface area contributed by atoms with Gasteiger partial charge in [-0.3, -0.25) is 0 Å². The van der Waals surface area contributed by atoms with Crippen LogP contribution in [-0.2, 0) is 30.4 Å². The summed E-state index contributed by atoms with van der Waals surface area (Å²) in [6, 6.07) is 5.01. The predicted octanol–water partition coefficient (Wildman–Crippen LogP) is 3.59. The van der Waals surface area contributed by atoms with E-state index in [0.717, 1.165) is 0 Å². The summed E-state index contributed by atoms with van der Waals surface area (Å²) in [6.45, 7) is 3.64. The SMILES string of the molecule is CCOC(=O)C1=C(COCc2nnc(N)s2)NC(C)=C(C(=O)OC)C1c1cccc(Cl)c1Cl. The van der Waals surface area contributed by atoms with Crippen molar-refractivity contribution in [1.29, 1.82) is 0 Å². The number of hydrogen-bond donors (Lipinski definition) is 2. The van der Waals surface area contributed by atoms with Gasteiger partial charge in [-0.15, -0.1) is 10.2 Å². The van der Waals surface area contributed by atoms with Gasteiger partial charge >= 0.3 is 11.9 Å². The number of aromatic nitrogens is 2. The molecule has 0 fully saturated rings. The quantitative estimate of drug-likeness (QED) is 0.510. The number of carbonyl (C=O) groups excluding carboxylic acids is 2. The summed E-state index contributed by atoms with van der Waals surface area (Å²) in [4.78, 5) is 25.9. The number of nitrogen functional groups attached to an aromatic ring is 1. The highest BCUT2D eigenvalue weighted by Gasteiger charge is 2.40. The molecule has 3 rings (SSSR count). The molecule has 12 heteroatoms. The molecule has 1 atom stereocenters. The maximum atomic E-state index is 13.1. The zero-order chi connectivity index (χ0) is 24.1. The van der Waals surface area contributed by atoms with Gasteiger partial charge in [-0.25, -0.2) is 9.59 Å². The van der Waals surface area contributed by atoms with Crippen LogP contribution in [0.5, 0.6) is 0 Å². The second kappa shape index (κ2) is 11.0. The molecule has 0 amide bonds. The molecule has 0 saturated heterocycles. The number of anilines is 1. The Kier molecular flexibility index (Phi) is 8.30. The molecular formula is C21H22Cl2N4O5S. The van der Waals surface area contributed by atoms with Crippen LogP contribution in [0.3, 0.4) is 0 Å². The van der Waals surface area contributed by atoms with Crippen LogP contribution in [0, 0.1) is 0 Å². The number of rotatable bonds is 8. The Morgan fingerprint density at radius 2 is 1.94 bits per heavy atom. The van der Waals surface area contributed by atoms with Crippen LogP contribution in [0.4, 0.5) is 5.13 Å². The number of carbonyl (C=O) groups is 2. The molecule has 2 aromatic rings. The first-order valence-electron chi connectivity index (χ1n) is 9.84. The number of allylic oxidation sites excluding steroid dienone is 1. The Balaban J connectivity index is 2.09. The summed E-state index contributed by atoms with van der Waals surface area (Å²) in [5, 5.41) is 12.2. The summed E-state index contributed by atoms with van der Waals surface area (Å²) >= 11 is 14.0. The zero-order valence-corrected chi connectivity index (χ0v) is 20.4. The minimum Gasteiger partial charge on any atom is -0.466 e. The fourth-order valence-electron chi connectivity index (χ4n) is 3.46. The minimum absolute atomic E-state index is 0.00584. The van der Waals surface area contributed by atoms with Gasteiger partial charge in [-0.2, -0.15) is 0 Å². The third-order valence-corrected chi connectivity index (χ3v) is 6.35. The van der Waals surface area contributed by atoms with Gasteiger partial charge in [0, 0.05) is 5.70 Å². The monoisotopic (exact) mass is 512 g/mol. The van der Waals surface area contributed by atoms with Crippen molar-refractivity contribution in [3.05, 3.63) is 61.4 Å².